The highest BCUT2D eigenvalue weighted by Crippen LogP contribution is 2.27. The zero-order valence-electron chi connectivity index (χ0n) is 21.2. The van der Waals surface area contributed by atoms with Gasteiger partial charge in [0.1, 0.15) is 11.6 Å². The Hall–Kier alpha value is -3.71. The second-order valence-corrected chi connectivity index (χ2v) is 9.03. The van der Waals surface area contributed by atoms with Crippen molar-refractivity contribution in [1.29, 1.82) is 0 Å². The van der Waals surface area contributed by atoms with Crippen molar-refractivity contribution in [2.24, 2.45) is 0 Å². The predicted octanol–water partition coefficient (Wildman–Crippen LogP) is 5.47. The maximum absolute atomic E-state index is 12.5. The average molecular weight is 522 g/mol. The van der Waals surface area contributed by atoms with Gasteiger partial charge >= 0.3 is 0 Å². The molecule has 1 heterocycles. The topological polar surface area (TPSA) is 74.6 Å². The van der Waals surface area contributed by atoms with Crippen LogP contribution in [0, 0.1) is 0 Å². The summed E-state index contributed by atoms with van der Waals surface area (Å²) < 4.78 is 18.7. The number of hydrogen-bond donors (Lipinski definition) is 1. The largest absolute Gasteiger partial charge is 0.493 e. The van der Waals surface area contributed by atoms with Crippen molar-refractivity contribution in [2.45, 2.75) is 32.2 Å². The summed E-state index contributed by atoms with van der Waals surface area (Å²) in [5.74, 6) is 2.93. The minimum Gasteiger partial charge on any atom is -0.493 e. The quantitative estimate of drug-likeness (QED) is 0.236. The van der Waals surface area contributed by atoms with Crippen molar-refractivity contribution >= 4 is 28.5 Å². The molecule has 4 rings (SSSR count). The van der Waals surface area contributed by atoms with E-state index < -0.39 is 0 Å². The van der Waals surface area contributed by atoms with Crippen LogP contribution in [0.15, 0.2) is 66.7 Å². The van der Waals surface area contributed by atoms with Gasteiger partial charge in [-0.15, -0.1) is 0 Å². The molecular weight excluding hydrogens is 490 g/mol. The van der Waals surface area contributed by atoms with E-state index in [4.69, 9.17) is 30.8 Å². The van der Waals surface area contributed by atoms with Crippen molar-refractivity contribution < 1.29 is 19.0 Å². The lowest BCUT2D eigenvalue weighted by Crippen LogP contribution is -2.26. The molecule has 1 aromatic heterocycles. The first kappa shape index (κ1) is 26.4. The number of hydrogen-bond acceptors (Lipinski definition) is 5. The summed E-state index contributed by atoms with van der Waals surface area (Å²) in [5, 5.41) is 3.63. The minimum absolute atomic E-state index is 0.0301. The maximum Gasteiger partial charge on any atom is 0.224 e. The van der Waals surface area contributed by atoms with Crippen molar-refractivity contribution in [1.82, 2.24) is 14.9 Å². The molecule has 7 nitrogen and oxygen atoms in total. The van der Waals surface area contributed by atoms with Crippen LogP contribution >= 0.6 is 11.6 Å². The number of aromatic nitrogens is 2. The van der Waals surface area contributed by atoms with Gasteiger partial charge in [-0.3, -0.25) is 4.79 Å². The predicted molar refractivity (Wildman–Crippen MR) is 146 cm³/mol. The molecule has 0 radical (unpaired) electrons. The molecule has 0 aliphatic rings. The molecule has 0 bridgehead atoms. The number of halogens is 1. The van der Waals surface area contributed by atoms with E-state index >= 15 is 0 Å². The third-order valence-electron chi connectivity index (χ3n) is 6.07. The number of nitrogens with one attached hydrogen (secondary N) is 1. The zero-order chi connectivity index (χ0) is 26.0. The lowest BCUT2D eigenvalue weighted by Gasteiger charge is -2.12. The van der Waals surface area contributed by atoms with Crippen molar-refractivity contribution in [2.75, 3.05) is 27.4 Å². The molecule has 37 heavy (non-hydrogen) atoms. The van der Waals surface area contributed by atoms with Gasteiger partial charge in [0, 0.05) is 19.5 Å². The minimum atomic E-state index is -0.0301. The van der Waals surface area contributed by atoms with Crippen LogP contribution in [-0.2, 0) is 24.2 Å². The second-order valence-electron chi connectivity index (χ2n) is 8.62. The molecule has 1 amide bonds. The Morgan fingerprint density at radius 1 is 0.946 bits per heavy atom. The molecule has 0 unspecified atom stereocenters. The number of carbonyl (C=O) groups is 1. The van der Waals surface area contributed by atoms with Gasteiger partial charge in [0.2, 0.25) is 5.91 Å². The summed E-state index contributed by atoms with van der Waals surface area (Å²) in [5.41, 5.74) is 2.95. The lowest BCUT2D eigenvalue weighted by atomic mass is 10.1. The zero-order valence-corrected chi connectivity index (χ0v) is 22.0. The number of aryl methyl sites for hydroxylation is 2. The number of ether oxygens (including phenoxy) is 3. The molecule has 0 fully saturated rings. The van der Waals surface area contributed by atoms with Crippen LogP contribution in [0.25, 0.3) is 11.0 Å². The molecule has 3 aromatic carbocycles. The number of imidazole rings is 1. The van der Waals surface area contributed by atoms with E-state index in [0.29, 0.717) is 35.4 Å². The highest BCUT2D eigenvalue weighted by molar-refractivity contribution is 6.32. The molecule has 194 valence electrons. The van der Waals surface area contributed by atoms with Crippen LogP contribution in [0.2, 0.25) is 5.02 Å². The van der Waals surface area contributed by atoms with Gasteiger partial charge in [0.05, 0.1) is 43.3 Å². The summed E-state index contributed by atoms with van der Waals surface area (Å²) in [7, 11) is 3.17. The summed E-state index contributed by atoms with van der Waals surface area (Å²) in [6, 6.07) is 21.2. The van der Waals surface area contributed by atoms with Gasteiger partial charge in [-0.2, -0.15) is 0 Å². The molecule has 0 spiro atoms. The second kappa shape index (κ2) is 13.0. The molecular formula is C29H32ClN3O4. The fourth-order valence-corrected chi connectivity index (χ4v) is 4.44. The molecule has 0 aliphatic heterocycles. The van der Waals surface area contributed by atoms with Crippen LogP contribution in [0.5, 0.6) is 17.2 Å². The van der Waals surface area contributed by atoms with E-state index in [9.17, 15) is 4.79 Å². The molecule has 0 aliphatic carbocycles. The first-order valence-electron chi connectivity index (χ1n) is 12.4. The molecule has 0 saturated carbocycles. The number of nitrogens with zero attached hydrogens (tertiary/aromatic N) is 2. The van der Waals surface area contributed by atoms with Gasteiger partial charge < -0.3 is 24.1 Å². The monoisotopic (exact) mass is 521 g/mol. The maximum atomic E-state index is 12.5. The lowest BCUT2D eigenvalue weighted by molar-refractivity contribution is -0.120. The van der Waals surface area contributed by atoms with E-state index in [2.05, 4.69) is 16.0 Å². The molecule has 1 N–H and O–H groups in total. The number of methoxy groups -OCH3 is 2. The van der Waals surface area contributed by atoms with E-state index in [1.54, 1.807) is 14.2 Å². The van der Waals surface area contributed by atoms with Crippen LogP contribution in [0.4, 0.5) is 0 Å². The standard InChI is InChI=1S/C29H32ClN3O4/c1-35-26-15-14-21(19-27(26)36-2)20-29(34)31-16-7-13-28-32-23-10-4-5-11-24(23)33(28)17-8-18-37-25-12-6-3-9-22(25)30/h3-6,9-12,14-15,19H,7-8,13,16-18,20H2,1-2H3,(H,31,34). The van der Waals surface area contributed by atoms with Crippen LogP contribution in [-0.4, -0.2) is 42.8 Å². The Morgan fingerprint density at radius 2 is 1.73 bits per heavy atom. The number of benzene rings is 3. The Kier molecular flexibility index (Phi) is 9.27. The average Bonchev–Trinajstić information content (AvgIpc) is 3.27. The Labute approximate surface area is 222 Å². The van der Waals surface area contributed by atoms with Crippen molar-refractivity contribution in [3.63, 3.8) is 0 Å². The SMILES string of the molecule is COc1ccc(CC(=O)NCCCc2nc3ccccc3n2CCCOc2ccccc2Cl)cc1OC. The summed E-state index contributed by atoms with van der Waals surface area (Å²) in [6.45, 7) is 1.92. The van der Waals surface area contributed by atoms with E-state index in [1.165, 1.54) is 0 Å². The van der Waals surface area contributed by atoms with Gasteiger partial charge in [0.15, 0.2) is 11.5 Å². The number of fused-ring (bicyclic) bond motifs is 1. The Morgan fingerprint density at radius 3 is 2.54 bits per heavy atom. The van der Waals surface area contributed by atoms with Crippen molar-refractivity contribution in [3.8, 4) is 17.2 Å². The Balaban J connectivity index is 1.29. The van der Waals surface area contributed by atoms with E-state index in [1.807, 2.05) is 60.7 Å². The first-order chi connectivity index (χ1) is 18.1. The number of amides is 1. The summed E-state index contributed by atoms with van der Waals surface area (Å²) in [4.78, 5) is 17.3. The highest BCUT2D eigenvalue weighted by Gasteiger charge is 2.12. The smallest absolute Gasteiger partial charge is 0.224 e. The van der Waals surface area contributed by atoms with E-state index in [-0.39, 0.29) is 12.3 Å². The van der Waals surface area contributed by atoms with Gasteiger partial charge in [-0.05, 0) is 54.8 Å². The third-order valence-corrected chi connectivity index (χ3v) is 6.38. The van der Waals surface area contributed by atoms with Crippen LogP contribution in [0.3, 0.4) is 0 Å². The van der Waals surface area contributed by atoms with E-state index in [0.717, 1.165) is 48.2 Å². The summed E-state index contributed by atoms with van der Waals surface area (Å²) in [6.07, 6.45) is 2.65. The third kappa shape index (κ3) is 6.95. The number of carbonyl (C=O) groups excluding carboxylic acids is 1. The van der Waals surface area contributed by atoms with Gasteiger partial charge in [-0.1, -0.05) is 41.9 Å². The first-order valence-corrected chi connectivity index (χ1v) is 12.8. The van der Waals surface area contributed by atoms with Gasteiger partial charge in [-0.25, -0.2) is 4.98 Å². The Bertz CT molecular complexity index is 1340. The van der Waals surface area contributed by atoms with Crippen LogP contribution in [0.1, 0.15) is 24.2 Å². The number of para-hydroxylation sites is 3. The molecule has 0 saturated heterocycles. The summed E-state index contributed by atoms with van der Waals surface area (Å²) >= 11 is 6.19. The molecule has 0 atom stereocenters. The molecule has 8 heteroatoms. The van der Waals surface area contributed by atoms with Crippen molar-refractivity contribution in [3.05, 3.63) is 83.1 Å². The normalized spacial score (nSPS) is 10.9. The number of rotatable bonds is 13. The fourth-order valence-electron chi connectivity index (χ4n) is 4.25. The highest BCUT2D eigenvalue weighted by atomic mass is 35.5. The van der Waals surface area contributed by atoms with Crippen LogP contribution < -0.4 is 19.5 Å². The molecule has 4 aromatic rings. The fraction of sp³-hybridized carbons (Fsp3) is 0.310. The van der Waals surface area contributed by atoms with Gasteiger partial charge in [0.25, 0.3) is 0 Å².